The zero-order valence-corrected chi connectivity index (χ0v) is 14.6. The Morgan fingerprint density at radius 1 is 1.20 bits per heavy atom. The number of nitrogens with zero attached hydrogens (tertiary/aromatic N) is 2. The monoisotopic (exact) mass is 360 g/mol. The van der Waals surface area contributed by atoms with E-state index < -0.39 is 0 Å². The first kappa shape index (κ1) is 17.1. The quantitative estimate of drug-likeness (QED) is 0.637. The van der Waals surface area contributed by atoms with Crippen LogP contribution in [0.25, 0.3) is 10.9 Å². The number of benzene rings is 2. The minimum atomic E-state index is -0.194. The molecule has 0 aliphatic rings. The van der Waals surface area contributed by atoms with Crippen LogP contribution in [0.3, 0.4) is 0 Å². The number of methoxy groups -OCH3 is 1. The highest BCUT2D eigenvalue weighted by atomic mass is 35.5. The van der Waals surface area contributed by atoms with Crippen LogP contribution < -0.4 is 9.47 Å². The third-order valence-electron chi connectivity index (χ3n) is 3.93. The van der Waals surface area contributed by atoms with Gasteiger partial charge in [-0.2, -0.15) is 0 Å². The summed E-state index contributed by atoms with van der Waals surface area (Å²) in [5.41, 5.74) is 1.53. The van der Waals surface area contributed by atoms with Crippen LogP contribution in [0.5, 0.6) is 17.4 Å². The van der Waals surface area contributed by atoms with Crippen molar-refractivity contribution in [2.75, 3.05) is 13.7 Å². The molecule has 2 aromatic carbocycles. The van der Waals surface area contributed by atoms with Gasteiger partial charge in [-0.3, -0.25) is 0 Å². The van der Waals surface area contributed by atoms with E-state index in [1.165, 1.54) is 0 Å². The summed E-state index contributed by atoms with van der Waals surface area (Å²) in [5.74, 6) is 1.06. The van der Waals surface area contributed by atoms with Crippen LogP contribution in [0, 0.1) is 4.91 Å². The molecule has 25 heavy (non-hydrogen) atoms. The molecule has 0 fully saturated rings. The molecular formula is C18H17ClN2O4. The molecule has 0 aliphatic heterocycles. The molecule has 1 heterocycles. The van der Waals surface area contributed by atoms with Crippen molar-refractivity contribution >= 4 is 28.2 Å². The summed E-state index contributed by atoms with van der Waals surface area (Å²) < 4.78 is 12.5. The number of halogens is 1. The smallest absolute Gasteiger partial charge is 0.222 e. The zero-order valence-electron chi connectivity index (χ0n) is 13.8. The lowest BCUT2D eigenvalue weighted by molar-refractivity contribution is 0.310. The number of aromatic hydroxyl groups is 1. The summed E-state index contributed by atoms with van der Waals surface area (Å²) in [7, 11) is 1.57. The van der Waals surface area contributed by atoms with Gasteiger partial charge in [0.2, 0.25) is 5.88 Å². The van der Waals surface area contributed by atoms with E-state index in [1.54, 1.807) is 29.9 Å². The van der Waals surface area contributed by atoms with Gasteiger partial charge in [-0.1, -0.05) is 17.7 Å². The Labute approximate surface area is 149 Å². The standard InChI is InChI=1S/C18H17ClN2O4/c1-3-25-15-7-4-11(8-16(15)24-2)10-21-14-6-5-12(19)9-13(14)17(20-23)18(21)22/h4-9,22H,3,10H2,1-2H3. The normalized spacial score (nSPS) is 10.8. The van der Waals surface area contributed by atoms with Crippen molar-refractivity contribution in [2.24, 2.45) is 5.18 Å². The molecule has 6 nitrogen and oxygen atoms in total. The number of rotatable bonds is 6. The highest BCUT2D eigenvalue weighted by molar-refractivity contribution is 6.31. The van der Waals surface area contributed by atoms with Crippen LogP contribution in [0.1, 0.15) is 12.5 Å². The van der Waals surface area contributed by atoms with E-state index in [0.29, 0.717) is 40.6 Å². The van der Waals surface area contributed by atoms with Gasteiger partial charge in [0.25, 0.3) is 0 Å². The lowest BCUT2D eigenvalue weighted by atomic mass is 10.2. The predicted octanol–water partition coefficient (Wildman–Crippen LogP) is 4.85. The second kappa shape index (κ2) is 7.03. The number of hydrogen-bond donors (Lipinski definition) is 1. The van der Waals surface area contributed by atoms with Gasteiger partial charge in [0.1, 0.15) is 0 Å². The third-order valence-corrected chi connectivity index (χ3v) is 4.17. The summed E-state index contributed by atoms with van der Waals surface area (Å²) in [6.07, 6.45) is 0. The van der Waals surface area contributed by atoms with Gasteiger partial charge >= 0.3 is 0 Å². The Balaban J connectivity index is 2.06. The van der Waals surface area contributed by atoms with Gasteiger partial charge < -0.3 is 19.1 Å². The minimum Gasteiger partial charge on any atom is -0.493 e. The topological polar surface area (TPSA) is 73.0 Å². The average molecular weight is 361 g/mol. The summed E-state index contributed by atoms with van der Waals surface area (Å²) in [4.78, 5) is 11.1. The van der Waals surface area contributed by atoms with Crippen molar-refractivity contribution in [3.05, 3.63) is 51.9 Å². The Bertz CT molecular complexity index is 936. The van der Waals surface area contributed by atoms with Gasteiger partial charge in [-0.15, -0.1) is 4.91 Å². The lowest BCUT2D eigenvalue weighted by Gasteiger charge is -2.12. The Kier molecular flexibility index (Phi) is 4.81. The first-order valence-electron chi connectivity index (χ1n) is 7.72. The van der Waals surface area contributed by atoms with E-state index >= 15 is 0 Å². The third kappa shape index (κ3) is 3.13. The molecule has 130 valence electrons. The van der Waals surface area contributed by atoms with E-state index in [9.17, 15) is 10.0 Å². The van der Waals surface area contributed by atoms with E-state index in [4.69, 9.17) is 21.1 Å². The zero-order chi connectivity index (χ0) is 18.0. The van der Waals surface area contributed by atoms with Crippen molar-refractivity contribution in [1.82, 2.24) is 4.57 Å². The van der Waals surface area contributed by atoms with Gasteiger partial charge in [0.15, 0.2) is 17.2 Å². The number of ether oxygens (including phenoxy) is 2. The molecule has 0 unspecified atom stereocenters. The fourth-order valence-electron chi connectivity index (χ4n) is 2.81. The lowest BCUT2D eigenvalue weighted by Crippen LogP contribution is -2.01. The molecule has 0 radical (unpaired) electrons. The van der Waals surface area contributed by atoms with Gasteiger partial charge in [-0.05, 0) is 48.0 Å². The second-order valence-corrected chi connectivity index (χ2v) is 5.87. The first-order valence-corrected chi connectivity index (χ1v) is 8.10. The molecule has 3 aromatic rings. The van der Waals surface area contributed by atoms with Crippen LogP contribution >= 0.6 is 11.6 Å². The fourth-order valence-corrected chi connectivity index (χ4v) is 2.99. The van der Waals surface area contributed by atoms with Crippen LogP contribution in [-0.2, 0) is 6.54 Å². The van der Waals surface area contributed by atoms with Gasteiger partial charge in [-0.25, -0.2) is 0 Å². The largest absolute Gasteiger partial charge is 0.493 e. The Morgan fingerprint density at radius 3 is 2.68 bits per heavy atom. The van der Waals surface area contributed by atoms with Gasteiger partial charge in [0, 0.05) is 10.4 Å². The van der Waals surface area contributed by atoms with Crippen molar-refractivity contribution in [3.8, 4) is 17.4 Å². The van der Waals surface area contributed by atoms with Crippen molar-refractivity contribution in [2.45, 2.75) is 13.5 Å². The predicted molar refractivity (Wildman–Crippen MR) is 97.3 cm³/mol. The maximum Gasteiger partial charge on any atom is 0.222 e. The molecule has 3 rings (SSSR count). The SMILES string of the molecule is CCOc1ccc(Cn2c(O)c(N=O)c3cc(Cl)ccc32)cc1OC. The van der Waals surface area contributed by atoms with Crippen LogP contribution in [0.15, 0.2) is 41.6 Å². The fraction of sp³-hybridized carbons (Fsp3) is 0.222. The van der Waals surface area contributed by atoms with E-state index in [2.05, 4.69) is 5.18 Å². The minimum absolute atomic E-state index is 0.0181. The Hall–Kier alpha value is -2.73. The summed E-state index contributed by atoms with van der Waals surface area (Å²) in [6, 6.07) is 10.6. The molecule has 0 bridgehead atoms. The molecule has 1 aromatic heterocycles. The summed E-state index contributed by atoms with van der Waals surface area (Å²) in [6.45, 7) is 2.77. The molecule has 0 saturated heterocycles. The number of aromatic nitrogens is 1. The second-order valence-electron chi connectivity index (χ2n) is 5.43. The van der Waals surface area contributed by atoms with Crippen LogP contribution in [-0.4, -0.2) is 23.4 Å². The molecule has 0 amide bonds. The molecule has 0 atom stereocenters. The molecule has 0 aliphatic carbocycles. The maximum absolute atomic E-state index is 11.1. The van der Waals surface area contributed by atoms with Crippen LogP contribution in [0.2, 0.25) is 5.02 Å². The summed E-state index contributed by atoms with van der Waals surface area (Å²) in [5, 5.41) is 14.3. The average Bonchev–Trinajstić information content (AvgIpc) is 2.87. The van der Waals surface area contributed by atoms with E-state index in [0.717, 1.165) is 5.56 Å². The number of hydrogen-bond acceptors (Lipinski definition) is 5. The number of nitroso groups, excluding NO2 is 1. The van der Waals surface area contributed by atoms with E-state index in [-0.39, 0.29) is 11.6 Å². The first-order chi connectivity index (χ1) is 12.1. The summed E-state index contributed by atoms with van der Waals surface area (Å²) >= 11 is 5.99. The highest BCUT2D eigenvalue weighted by Crippen LogP contribution is 2.40. The van der Waals surface area contributed by atoms with E-state index in [1.807, 2.05) is 25.1 Å². The Morgan fingerprint density at radius 2 is 2.00 bits per heavy atom. The van der Waals surface area contributed by atoms with Crippen molar-refractivity contribution in [1.29, 1.82) is 0 Å². The molecule has 7 heteroatoms. The van der Waals surface area contributed by atoms with Gasteiger partial charge in [0.05, 0.1) is 25.8 Å². The molecule has 1 N–H and O–H groups in total. The molecular weight excluding hydrogens is 344 g/mol. The highest BCUT2D eigenvalue weighted by Gasteiger charge is 2.18. The van der Waals surface area contributed by atoms with Crippen molar-refractivity contribution in [3.63, 3.8) is 0 Å². The molecule has 0 saturated carbocycles. The number of fused-ring (bicyclic) bond motifs is 1. The van der Waals surface area contributed by atoms with Crippen molar-refractivity contribution < 1.29 is 14.6 Å². The molecule has 0 spiro atoms. The van der Waals surface area contributed by atoms with Crippen LogP contribution in [0.4, 0.5) is 5.69 Å². The maximum atomic E-state index is 11.1.